The maximum absolute atomic E-state index is 6.27. The van der Waals surface area contributed by atoms with E-state index in [4.69, 9.17) is 18.0 Å². The molecule has 5 fully saturated rings. The molecule has 4 atom stereocenters. The van der Waals surface area contributed by atoms with Crippen molar-refractivity contribution in [3.05, 3.63) is 83.4 Å². The van der Waals surface area contributed by atoms with Crippen LogP contribution in [0.5, 0.6) is 0 Å². The Balaban J connectivity index is 1.29. The second-order valence-electron chi connectivity index (χ2n) is 11.8. The zero-order valence-corrected chi connectivity index (χ0v) is 21.0. The lowest BCUT2D eigenvalue weighted by molar-refractivity contribution is 0.00543. The van der Waals surface area contributed by atoms with Crippen LogP contribution in [0.4, 0.5) is 0 Å². The van der Waals surface area contributed by atoms with Gasteiger partial charge in [-0.2, -0.15) is 0 Å². The first-order chi connectivity index (χ1) is 16.6. The second-order valence-corrected chi connectivity index (χ2v) is 12.2. The largest absolute Gasteiger partial charge is 0.376 e. The molecule has 2 nitrogen and oxygen atoms in total. The zero-order valence-electron chi connectivity index (χ0n) is 20.2. The summed E-state index contributed by atoms with van der Waals surface area (Å²) in [7, 11) is 0. The van der Waals surface area contributed by atoms with Crippen LogP contribution in [0.1, 0.15) is 68.9 Å². The van der Waals surface area contributed by atoms with E-state index in [2.05, 4.69) is 72.1 Å². The summed E-state index contributed by atoms with van der Waals surface area (Å²) in [4.78, 5) is 1.17. The van der Waals surface area contributed by atoms with Crippen LogP contribution >= 0.6 is 12.2 Å². The molecule has 178 valence electrons. The third kappa shape index (κ3) is 4.05. The summed E-state index contributed by atoms with van der Waals surface area (Å²) in [5.41, 5.74) is 11.3. The minimum absolute atomic E-state index is 0.153. The van der Waals surface area contributed by atoms with Crippen molar-refractivity contribution in [2.45, 2.75) is 81.7 Å². The molecule has 5 aliphatic rings. The van der Waals surface area contributed by atoms with Crippen LogP contribution in [-0.2, 0) is 11.8 Å². The van der Waals surface area contributed by atoms with Gasteiger partial charge in [0.1, 0.15) is 0 Å². The summed E-state index contributed by atoms with van der Waals surface area (Å²) in [6.07, 6.45) is 14.5. The molecule has 2 aromatic carbocycles. The number of allylic oxidation sites excluding steroid dienone is 2. The van der Waals surface area contributed by atoms with Crippen LogP contribution in [0.25, 0.3) is 0 Å². The minimum atomic E-state index is 0.153. The summed E-state index contributed by atoms with van der Waals surface area (Å²) in [5.74, 6) is 1.31. The SMILES string of the molecule is NC1CCC(NC(=S)C23CC4CC(c5ccccc5)(C[C@H](C2)/C4=C/Cc2ccccc2)C3)CC1. The van der Waals surface area contributed by atoms with Crippen LogP contribution < -0.4 is 11.1 Å². The number of hydrogen-bond donors (Lipinski definition) is 2. The Hall–Kier alpha value is -1.97. The van der Waals surface area contributed by atoms with Gasteiger partial charge in [0.15, 0.2) is 0 Å². The maximum atomic E-state index is 6.27. The molecule has 0 amide bonds. The highest BCUT2D eigenvalue weighted by Crippen LogP contribution is 2.67. The van der Waals surface area contributed by atoms with E-state index in [0.717, 1.165) is 32.1 Å². The van der Waals surface area contributed by atoms with Gasteiger partial charge in [-0.25, -0.2) is 0 Å². The van der Waals surface area contributed by atoms with Crippen LogP contribution in [0.3, 0.4) is 0 Å². The summed E-state index contributed by atoms with van der Waals surface area (Å²) >= 11 is 6.27. The van der Waals surface area contributed by atoms with Crippen molar-refractivity contribution in [1.29, 1.82) is 0 Å². The molecule has 5 aliphatic carbocycles. The van der Waals surface area contributed by atoms with E-state index in [0.29, 0.717) is 23.9 Å². The topological polar surface area (TPSA) is 38.0 Å². The van der Waals surface area contributed by atoms with E-state index >= 15 is 0 Å². The number of benzene rings is 2. The lowest BCUT2D eigenvalue weighted by Crippen LogP contribution is -2.60. The number of hydrogen-bond acceptors (Lipinski definition) is 2. The Kier molecular flexibility index (Phi) is 5.90. The fraction of sp³-hybridized carbons (Fsp3) is 0.516. The highest BCUT2D eigenvalue weighted by atomic mass is 32.1. The van der Waals surface area contributed by atoms with Gasteiger partial charge < -0.3 is 11.1 Å². The first-order valence-corrected chi connectivity index (χ1v) is 13.8. The van der Waals surface area contributed by atoms with Crippen LogP contribution in [0.15, 0.2) is 72.3 Å². The average Bonchev–Trinajstić information content (AvgIpc) is 2.86. The molecule has 0 saturated heterocycles. The normalized spacial score (nSPS) is 37.6. The van der Waals surface area contributed by atoms with Crippen LogP contribution in [0.2, 0.25) is 0 Å². The van der Waals surface area contributed by atoms with Crippen molar-refractivity contribution in [2.75, 3.05) is 0 Å². The van der Waals surface area contributed by atoms with Crippen LogP contribution in [-0.4, -0.2) is 17.1 Å². The summed E-state index contributed by atoms with van der Waals surface area (Å²) < 4.78 is 0. The Morgan fingerprint density at radius 1 is 0.882 bits per heavy atom. The molecule has 0 aliphatic heterocycles. The summed E-state index contributed by atoms with van der Waals surface area (Å²) in [6.45, 7) is 0. The number of thiocarbonyl (C=S) groups is 1. The van der Waals surface area contributed by atoms with Gasteiger partial charge in [0.05, 0.1) is 4.99 Å². The molecule has 3 N–H and O–H groups in total. The maximum Gasteiger partial charge on any atom is 0.0818 e. The number of nitrogens with two attached hydrogens (primary N) is 1. The Morgan fingerprint density at radius 3 is 2.15 bits per heavy atom. The van der Waals surface area contributed by atoms with Gasteiger partial charge in [0.2, 0.25) is 0 Å². The van der Waals surface area contributed by atoms with E-state index in [-0.39, 0.29) is 10.8 Å². The third-order valence-corrected chi connectivity index (χ3v) is 10.1. The van der Waals surface area contributed by atoms with E-state index in [1.54, 1.807) is 11.1 Å². The number of rotatable bonds is 5. The van der Waals surface area contributed by atoms with Gasteiger partial charge in [0, 0.05) is 17.5 Å². The molecule has 0 spiro atoms. The van der Waals surface area contributed by atoms with Gasteiger partial charge >= 0.3 is 0 Å². The Morgan fingerprint density at radius 2 is 1.50 bits per heavy atom. The van der Waals surface area contributed by atoms with Crippen LogP contribution in [0, 0.1) is 17.3 Å². The van der Waals surface area contributed by atoms with Gasteiger partial charge in [-0.1, -0.05) is 84.5 Å². The molecule has 0 aromatic heterocycles. The van der Waals surface area contributed by atoms with Crippen molar-refractivity contribution >= 4 is 17.2 Å². The standard InChI is InChI=1S/C31H38N2S/c32-26-12-14-27(15-13-26)33-29(34)31-19-23-17-30(21-31,25-9-5-2-6-10-25)18-24(20-31)28(23)16-11-22-7-3-1-4-8-22/h1-10,16,23-24,26-27H,11-15,17-21,32H2,(H,33,34)/b28-16-/t23-,24?,26?,27?,30?,31?/m1/s1. The second kappa shape index (κ2) is 8.91. The predicted molar refractivity (Wildman–Crippen MR) is 145 cm³/mol. The fourth-order valence-electron chi connectivity index (χ4n) is 8.12. The van der Waals surface area contributed by atoms with E-state index in [1.165, 1.54) is 42.7 Å². The molecule has 2 aromatic rings. The first kappa shape index (κ1) is 22.5. The molecule has 3 heteroatoms. The quantitative estimate of drug-likeness (QED) is 0.387. The van der Waals surface area contributed by atoms with Gasteiger partial charge in [-0.05, 0) is 92.6 Å². The molecule has 7 rings (SSSR count). The molecular weight excluding hydrogens is 432 g/mol. The molecule has 5 saturated carbocycles. The lowest BCUT2D eigenvalue weighted by atomic mass is 9.41. The van der Waals surface area contributed by atoms with Crippen molar-refractivity contribution in [3.8, 4) is 0 Å². The average molecular weight is 471 g/mol. The molecule has 3 unspecified atom stereocenters. The fourth-order valence-corrected chi connectivity index (χ4v) is 8.52. The molecule has 4 bridgehead atoms. The third-order valence-electron chi connectivity index (χ3n) is 9.56. The van der Waals surface area contributed by atoms with Gasteiger partial charge in [-0.3, -0.25) is 0 Å². The molecular formula is C31H38N2S. The lowest BCUT2D eigenvalue weighted by Gasteiger charge is -2.63. The summed E-state index contributed by atoms with van der Waals surface area (Å²) in [6, 6.07) is 23.2. The summed E-state index contributed by atoms with van der Waals surface area (Å²) in [5, 5.41) is 3.89. The Labute approximate surface area is 210 Å². The monoisotopic (exact) mass is 470 g/mol. The molecule has 0 heterocycles. The minimum Gasteiger partial charge on any atom is -0.376 e. The van der Waals surface area contributed by atoms with Crippen molar-refractivity contribution in [2.24, 2.45) is 23.0 Å². The predicted octanol–water partition coefficient (Wildman–Crippen LogP) is 6.49. The van der Waals surface area contributed by atoms with Crippen molar-refractivity contribution in [3.63, 3.8) is 0 Å². The van der Waals surface area contributed by atoms with E-state index in [1.807, 2.05) is 0 Å². The van der Waals surface area contributed by atoms with Crippen molar-refractivity contribution in [1.82, 2.24) is 5.32 Å². The highest BCUT2D eigenvalue weighted by Gasteiger charge is 2.61. The first-order valence-electron chi connectivity index (χ1n) is 13.4. The van der Waals surface area contributed by atoms with Crippen molar-refractivity contribution < 1.29 is 0 Å². The molecule has 0 radical (unpaired) electrons. The Bertz CT molecular complexity index is 1030. The zero-order chi connectivity index (χ0) is 23.2. The van der Waals surface area contributed by atoms with Gasteiger partial charge in [-0.15, -0.1) is 0 Å². The smallest absolute Gasteiger partial charge is 0.0818 e. The highest BCUT2D eigenvalue weighted by molar-refractivity contribution is 7.80. The van der Waals surface area contributed by atoms with E-state index < -0.39 is 0 Å². The molecule has 34 heavy (non-hydrogen) atoms. The van der Waals surface area contributed by atoms with E-state index in [9.17, 15) is 0 Å². The number of nitrogens with one attached hydrogen (secondary N) is 1. The van der Waals surface area contributed by atoms with Gasteiger partial charge in [0.25, 0.3) is 0 Å².